The molecule has 0 bridgehead atoms. The van der Waals surface area contributed by atoms with E-state index in [0.717, 1.165) is 0 Å². The molecule has 0 aliphatic rings. The highest BCUT2D eigenvalue weighted by Gasteiger charge is 2.24. The van der Waals surface area contributed by atoms with Crippen LogP contribution in [-0.4, -0.2) is 17.0 Å². The Labute approximate surface area is 90.9 Å². The molecule has 0 aliphatic heterocycles. The molecule has 0 amide bonds. The number of rotatable bonds is 3. The fourth-order valence-corrected chi connectivity index (χ4v) is 1.22. The first kappa shape index (κ1) is 11.9. The molecule has 0 heterocycles. The molecule has 82 valence electrons. The van der Waals surface area contributed by atoms with Gasteiger partial charge in [0.05, 0.1) is 6.10 Å². The van der Waals surface area contributed by atoms with Crippen LogP contribution in [0.5, 0.6) is 0 Å². The summed E-state index contributed by atoms with van der Waals surface area (Å²) >= 11 is 0. The van der Waals surface area contributed by atoms with Crippen molar-refractivity contribution in [1.82, 2.24) is 0 Å². The predicted molar refractivity (Wildman–Crippen MR) is 60.9 cm³/mol. The number of hydrogen-bond acceptors (Lipinski definition) is 2. The molecule has 1 N–H and O–H groups in total. The molecule has 15 heavy (non-hydrogen) atoms. The molecular formula is C13H18O2. The van der Waals surface area contributed by atoms with Crippen molar-refractivity contribution in [3.63, 3.8) is 0 Å². The predicted octanol–water partition coefficient (Wildman–Crippen LogP) is 2.67. The first-order valence-corrected chi connectivity index (χ1v) is 5.17. The van der Waals surface area contributed by atoms with Crippen LogP contribution in [0.15, 0.2) is 30.3 Å². The molecule has 0 radical (unpaired) electrons. The number of carbonyl (C=O) groups excluding carboxylic acids is 1. The zero-order chi connectivity index (χ0) is 11.5. The van der Waals surface area contributed by atoms with Crippen molar-refractivity contribution in [1.29, 1.82) is 0 Å². The Kier molecular flexibility index (Phi) is 3.64. The number of aliphatic hydroxyl groups is 1. The summed E-state index contributed by atoms with van der Waals surface area (Å²) in [5.41, 5.74) is 0.422. The summed E-state index contributed by atoms with van der Waals surface area (Å²) in [5, 5.41) is 9.80. The van der Waals surface area contributed by atoms with Gasteiger partial charge in [-0.2, -0.15) is 0 Å². The van der Waals surface area contributed by atoms with Gasteiger partial charge in [-0.05, 0) is 5.41 Å². The van der Waals surface area contributed by atoms with Crippen molar-refractivity contribution in [2.45, 2.75) is 33.3 Å². The average molecular weight is 206 g/mol. The minimum Gasteiger partial charge on any atom is -0.392 e. The topological polar surface area (TPSA) is 37.3 Å². The lowest BCUT2D eigenvalue weighted by molar-refractivity contribution is 0.0494. The van der Waals surface area contributed by atoms with E-state index in [9.17, 15) is 9.90 Å². The normalized spacial score (nSPS) is 13.6. The Hall–Kier alpha value is -1.15. The minimum atomic E-state index is -0.592. The third-order valence-corrected chi connectivity index (χ3v) is 2.47. The molecule has 0 fully saturated rings. The van der Waals surface area contributed by atoms with Crippen LogP contribution in [0.1, 0.15) is 37.6 Å². The van der Waals surface area contributed by atoms with Crippen LogP contribution in [0.4, 0.5) is 0 Å². The van der Waals surface area contributed by atoms with Gasteiger partial charge in [-0.15, -0.1) is 0 Å². The van der Waals surface area contributed by atoms with Gasteiger partial charge in [-0.25, -0.2) is 0 Å². The van der Waals surface area contributed by atoms with Crippen LogP contribution in [0, 0.1) is 5.41 Å². The standard InChI is InChI=1S/C13H18O2/c1-13(2,3)12(15)9-11(14)10-7-5-4-6-8-10/h4-8,12,15H,9H2,1-3H3/t12-/m0/s1. The molecular weight excluding hydrogens is 188 g/mol. The van der Waals surface area contributed by atoms with E-state index in [-0.39, 0.29) is 17.6 Å². The van der Waals surface area contributed by atoms with Crippen molar-refractivity contribution < 1.29 is 9.90 Å². The maximum absolute atomic E-state index is 11.7. The highest BCUT2D eigenvalue weighted by atomic mass is 16.3. The monoisotopic (exact) mass is 206 g/mol. The van der Waals surface area contributed by atoms with Crippen LogP contribution in [-0.2, 0) is 0 Å². The second-order valence-electron chi connectivity index (χ2n) is 4.88. The fraction of sp³-hybridized carbons (Fsp3) is 0.462. The lowest BCUT2D eigenvalue weighted by atomic mass is 9.85. The maximum atomic E-state index is 11.7. The molecule has 2 heteroatoms. The van der Waals surface area contributed by atoms with Crippen molar-refractivity contribution in [3.8, 4) is 0 Å². The summed E-state index contributed by atoms with van der Waals surface area (Å²) in [6.45, 7) is 5.78. The summed E-state index contributed by atoms with van der Waals surface area (Å²) in [6.07, 6.45) is -0.404. The zero-order valence-corrected chi connectivity index (χ0v) is 9.53. The van der Waals surface area contributed by atoms with Gasteiger partial charge in [-0.3, -0.25) is 4.79 Å². The van der Waals surface area contributed by atoms with Crippen molar-refractivity contribution in [2.24, 2.45) is 5.41 Å². The number of aliphatic hydroxyl groups excluding tert-OH is 1. The largest absolute Gasteiger partial charge is 0.392 e. The summed E-state index contributed by atoms with van der Waals surface area (Å²) in [5.74, 6) is -0.00183. The van der Waals surface area contributed by atoms with Crippen molar-refractivity contribution in [3.05, 3.63) is 35.9 Å². The maximum Gasteiger partial charge on any atom is 0.165 e. The van der Waals surface area contributed by atoms with E-state index in [1.807, 2.05) is 39.0 Å². The Morgan fingerprint density at radius 3 is 2.27 bits per heavy atom. The second-order valence-corrected chi connectivity index (χ2v) is 4.88. The van der Waals surface area contributed by atoms with Gasteiger partial charge in [0, 0.05) is 12.0 Å². The summed E-state index contributed by atoms with van der Waals surface area (Å²) < 4.78 is 0. The van der Waals surface area contributed by atoms with Crippen molar-refractivity contribution in [2.75, 3.05) is 0 Å². The second kappa shape index (κ2) is 4.58. The summed E-state index contributed by atoms with van der Waals surface area (Å²) in [4.78, 5) is 11.7. The molecule has 0 spiro atoms. The van der Waals surface area contributed by atoms with E-state index in [2.05, 4.69) is 0 Å². The SMILES string of the molecule is CC(C)(C)[C@@H](O)CC(=O)c1ccccc1. The molecule has 0 aliphatic carbocycles. The molecule has 1 aromatic rings. The highest BCUT2D eigenvalue weighted by Crippen LogP contribution is 2.22. The van der Waals surface area contributed by atoms with Crippen LogP contribution in [0.2, 0.25) is 0 Å². The number of hydrogen-bond donors (Lipinski definition) is 1. The van der Waals surface area contributed by atoms with E-state index in [0.29, 0.717) is 5.56 Å². The minimum absolute atomic E-state index is 0.00183. The fourth-order valence-electron chi connectivity index (χ4n) is 1.22. The van der Waals surface area contributed by atoms with Gasteiger partial charge < -0.3 is 5.11 Å². The van der Waals surface area contributed by atoms with Gasteiger partial charge in [0.2, 0.25) is 0 Å². The molecule has 0 unspecified atom stereocenters. The zero-order valence-electron chi connectivity index (χ0n) is 9.53. The van der Waals surface area contributed by atoms with E-state index >= 15 is 0 Å². The van der Waals surface area contributed by atoms with Gasteiger partial charge in [0.15, 0.2) is 5.78 Å². The van der Waals surface area contributed by atoms with Crippen LogP contribution < -0.4 is 0 Å². The number of ketones is 1. The van der Waals surface area contributed by atoms with Crippen molar-refractivity contribution >= 4 is 5.78 Å². The Morgan fingerprint density at radius 2 is 1.80 bits per heavy atom. The lowest BCUT2D eigenvalue weighted by Gasteiger charge is -2.25. The smallest absolute Gasteiger partial charge is 0.165 e. The number of Topliss-reactive ketones (excluding diaryl/α,β-unsaturated/α-hetero) is 1. The third kappa shape index (κ3) is 3.48. The Bertz CT molecular complexity index is 322. The molecule has 1 rings (SSSR count). The van der Waals surface area contributed by atoms with E-state index in [1.54, 1.807) is 12.1 Å². The molecule has 1 atom stereocenters. The Balaban J connectivity index is 2.65. The molecule has 0 aromatic heterocycles. The number of benzene rings is 1. The molecule has 0 saturated carbocycles. The third-order valence-electron chi connectivity index (χ3n) is 2.47. The Morgan fingerprint density at radius 1 is 1.27 bits per heavy atom. The lowest BCUT2D eigenvalue weighted by Crippen LogP contribution is -2.28. The first-order chi connectivity index (χ1) is 6.91. The van der Waals surface area contributed by atoms with Crippen LogP contribution in [0.3, 0.4) is 0 Å². The van der Waals surface area contributed by atoms with Gasteiger partial charge in [-0.1, -0.05) is 51.1 Å². The van der Waals surface area contributed by atoms with E-state index in [1.165, 1.54) is 0 Å². The van der Waals surface area contributed by atoms with E-state index in [4.69, 9.17) is 0 Å². The molecule has 2 nitrogen and oxygen atoms in total. The molecule has 1 aromatic carbocycles. The molecule has 0 saturated heterocycles. The first-order valence-electron chi connectivity index (χ1n) is 5.17. The van der Waals surface area contributed by atoms with Crippen LogP contribution >= 0.6 is 0 Å². The van der Waals surface area contributed by atoms with Gasteiger partial charge >= 0.3 is 0 Å². The van der Waals surface area contributed by atoms with Gasteiger partial charge in [0.25, 0.3) is 0 Å². The van der Waals surface area contributed by atoms with Crippen LogP contribution in [0.25, 0.3) is 0 Å². The van der Waals surface area contributed by atoms with Gasteiger partial charge in [0.1, 0.15) is 0 Å². The average Bonchev–Trinajstić information content (AvgIpc) is 2.17. The quantitative estimate of drug-likeness (QED) is 0.772. The summed E-state index contributed by atoms with van der Waals surface area (Å²) in [6, 6.07) is 9.08. The summed E-state index contributed by atoms with van der Waals surface area (Å²) in [7, 11) is 0. The highest BCUT2D eigenvalue weighted by molar-refractivity contribution is 5.96. The number of carbonyl (C=O) groups is 1. The van der Waals surface area contributed by atoms with E-state index < -0.39 is 6.10 Å².